The third-order valence-corrected chi connectivity index (χ3v) is 4.02. The Balaban J connectivity index is 2.12. The largest absolute Gasteiger partial charge is 0.374 e. The summed E-state index contributed by atoms with van der Waals surface area (Å²) < 4.78 is 4.21. The predicted octanol–water partition coefficient (Wildman–Crippen LogP) is 3.11. The number of aryl methyl sites for hydroxylation is 1. The Morgan fingerprint density at radius 3 is 2.68 bits per heavy atom. The molecule has 4 nitrogen and oxygen atoms in total. The third kappa shape index (κ3) is 2.91. The molecular weight excluding hydrogens is 256 g/mol. The molecular formula is C14H16N4S. The van der Waals surface area contributed by atoms with Crippen molar-refractivity contribution in [2.45, 2.75) is 26.2 Å². The van der Waals surface area contributed by atoms with Crippen molar-refractivity contribution in [3.05, 3.63) is 41.3 Å². The van der Waals surface area contributed by atoms with Crippen molar-refractivity contribution in [2.75, 3.05) is 11.9 Å². The van der Waals surface area contributed by atoms with Crippen molar-refractivity contribution >= 4 is 16.5 Å². The maximum Gasteiger partial charge on any atom is 0.127 e. The number of aromatic nitrogens is 2. The standard InChI is InChI=1S/C14H16N4S/c1-10-12(8-15)13(19-18-10)17-9-14(2,3)11-4-6-16-7-5-11/h4-7,17H,9H2,1-3H3. The van der Waals surface area contributed by atoms with Crippen LogP contribution >= 0.6 is 11.5 Å². The summed E-state index contributed by atoms with van der Waals surface area (Å²) in [4.78, 5) is 4.04. The van der Waals surface area contributed by atoms with E-state index in [1.165, 1.54) is 17.1 Å². The maximum absolute atomic E-state index is 9.10. The van der Waals surface area contributed by atoms with E-state index in [2.05, 4.69) is 34.6 Å². The van der Waals surface area contributed by atoms with Gasteiger partial charge in [0.05, 0.1) is 5.69 Å². The summed E-state index contributed by atoms with van der Waals surface area (Å²) in [6.07, 6.45) is 3.60. The second kappa shape index (κ2) is 5.37. The van der Waals surface area contributed by atoms with Gasteiger partial charge in [0.25, 0.3) is 0 Å². The number of nitrogens with one attached hydrogen (secondary N) is 1. The Kier molecular flexibility index (Phi) is 3.82. The lowest BCUT2D eigenvalue weighted by Crippen LogP contribution is -2.27. The number of rotatable bonds is 4. The Bertz CT molecular complexity index is 596. The van der Waals surface area contributed by atoms with Crippen LogP contribution in [-0.2, 0) is 5.41 Å². The highest BCUT2D eigenvalue weighted by molar-refractivity contribution is 7.10. The van der Waals surface area contributed by atoms with E-state index >= 15 is 0 Å². The molecule has 0 saturated carbocycles. The van der Waals surface area contributed by atoms with Gasteiger partial charge in [-0.2, -0.15) is 9.64 Å². The fourth-order valence-electron chi connectivity index (χ4n) is 1.83. The minimum atomic E-state index is -0.0342. The lowest BCUT2D eigenvalue weighted by molar-refractivity contribution is 0.557. The van der Waals surface area contributed by atoms with Gasteiger partial charge in [-0.25, -0.2) is 0 Å². The Hall–Kier alpha value is -1.93. The van der Waals surface area contributed by atoms with Crippen molar-refractivity contribution in [3.8, 4) is 6.07 Å². The van der Waals surface area contributed by atoms with E-state index in [4.69, 9.17) is 5.26 Å². The van der Waals surface area contributed by atoms with Gasteiger partial charge >= 0.3 is 0 Å². The van der Waals surface area contributed by atoms with E-state index in [1.807, 2.05) is 19.1 Å². The fraction of sp³-hybridized carbons (Fsp3) is 0.357. The number of hydrogen-bond donors (Lipinski definition) is 1. The minimum Gasteiger partial charge on any atom is -0.374 e. The highest BCUT2D eigenvalue weighted by Gasteiger charge is 2.21. The molecule has 0 aliphatic carbocycles. The van der Waals surface area contributed by atoms with Crippen LogP contribution < -0.4 is 5.32 Å². The normalized spacial score (nSPS) is 11.1. The van der Waals surface area contributed by atoms with Crippen LogP contribution in [0.3, 0.4) is 0 Å². The van der Waals surface area contributed by atoms with Crippen LogP contribution in [0.5, 0.6) is 0 Å². The zero-order valence-corrected chi connectivity index (χ0v) is 12.1. The minimum absolute atomic E-state index is 0.0342. The summed E-state index contributed by atoms with van der Waals surface area (Å²) in [5.41, 5.74) is 2.62. The molecule has 5 heteroatoms. The smallest absolute Gasteiger partial charge is 0.127 e. The Morgan fingerprint density at radius 2 is 2.05 bits per heavy atom. The molecule has 1 N–H and O–H groups in total. The summed E-state index contributed by atoms with van der Waals surface area (Å²) >= 11 is 1.34. The van der Waals surface area contributed by atoms with E-state index in [0.717, 1.165) is 17.2 Å². The van der Waals surface area contributed by atoms with Crippen LogP contribution in [-0.4, -0.2) is 15.9 Å². The molecule has 2 aromatic rings. The highest BCUT2D eigenvalue weighted by Crippen LogP contribution is 2.27. The van der Waals surface area contributed by atoms with E-state index in [1.54, 1.807) is 12.4 Å². The van der Waals surface area contributed by atoms with Crippen molar-refractivity contribution in [1.82, 2.24) is 9.36 Å². The molecule has 2 aromatic heterocycles. The average Bonchev–Trinajstić information content (AvgIpc) is 2.78. The highest BCUT2D eigenvalue weighted by atomic mass is 32.1. The summed E-state index contributed by atoms with van der Waals surface area (Å²) in [6, 6.07) is 6.23. The van der Waals surface area contributed by atoms with Crippen LogP contribution in [0.2, 0.25) is 0 Å². The molecule has 19 heavy (non-hydrogen) atoms. The number of pyridine rings is 1. The molecule has 0 amide bonds. The van der Waals surface area contributed by atoms with Gasteiger partial charge in [-0.05, 0) is 36.2 Å². The molecule has 2 heterocycles. The summed E-state index contributed by atoms with van der Waals surface area (Å²) in [7, 11) is 0. The van der Waals surface area contributed by atoms with Gasteiger partial charge in [0.2, 0.25) is 0 Å². The number of hydrogen-bond acceptors (Lipinski definition) is 5. The first-order chi connectivity index (χ1) is 9.04. The van der Waals surface area contributed by atoms with Crippen LogP contribution in [0.25, 0.3) is 0 Å². The first-order valence-corrected chi connectivity index (χ1v) is 6.82. The van der Waals surface area contributed by atoms with E-state index < -0.39 is 0 Å². The van der Waals surface area contributed by atoms with Crippen LogP contribution in [0.1, 0.15) is 30.7 Å². The molecule has 0 fully saturated rings. The molecule has 0 unspecified atom stereocenters. The lowest BCUT2D eigenvalue weighted by atomic mass is 9.85. The fourth-order valence-corrected chi connectivity index (χ4v) is 2.57. The zero-order chi connectivity index (χ0) is 13.9. The van der Waals surface area contributed by atoms with E-state index in [0.29, 0.717) is 5.56 Å². The van der Waals surface area contributed by atoms with Gasteiger partial charge in [-0.1, -0.05) is 13.8 Å². The van der Waals surface area contributed by atoms with E-state index in [9.17, 15) is 0 Å². The van der Waals surface area contributed by atoms with Crippen LogP contribution in [0.15, 0.2) is 24.5 Å². The number of anilines is 1. The third-order valence-electron chi connectivity index (χ3n) is 3.13. The van der Waals surface area contributed by atoms with Gasteiger partial charge < -0.3 is 5.32 Å². The van der Waals surface area contributed by atoms with E-state index in [-0.39, 0.29) is 5.41 Å². The predicted molar refractivity (Wildman–Crippen MR) is 77.3 cm³/mol. The zero-order valence-electron chi connectivity index (χ0n) is 11.3. The second-order valence-corrected chi connectivity index (χ2v) is 5.83. The molecule has 0 radical (unpaired) electrons. The van der Waals surface area contributed by atoms with Crippen molar-refractivity contribution in [3.63, 3.8) is 0 Å². The average molecular weight is 272 g/mol. The van der Waals surface area contributed by atoms with Gasteiger partial charge in [-0.15, -0.1) is 0 Å². The van der Waals surface area contributed by atoms with Crippen LogP contribution in [0.4, 0.5) is 5.00 Å². The van der Waals surface area contributed by atoms with Crippen molar-refractivity contribution in [1.29, 1.82) is 5.26 Å². The van der Waals surface area contributed by atoms with Crippen molar-refractivity contribution in [2.24, 2.45) is 0 Å². The molecule has 0 aromatic carbocycles. The molecule has 0 saturated heterocycles. The Morgan fingerprint density at radius 1 is 1.37 bits per heavy atom. The molecule has 0 bridgehead atoms. The molecule has 0 atom stereocenters. The van der Waals surface area contributed by atoms with Crippen LogP contribution in [0, 0.1) is 18.3 Å². The molecule has 0 aliphatic rings. The monoisotopic (exact) mass is 272 g/mol. The van der Waals surface area contributed by atoms with Gasteiger partial charge in [0.15, 0.2) is 0 Å². The van der Waals surface area contributed by atoms with Gasteiger partial charge in [0, 0.05) is 24.4 Å². The molecule has 2 rings (SSSR count). The first-order valence-electron chi connectivity index (χ1n) is 6.05. The number of nitrogens with zero attached hydrogens (tertiary/aromatic N) is 3. The summed E-state index contributed by atoms with van der Waals surface area (Å²) in [6.45, 7) is 6.92. The van der Waals surface area contributed by atoms with Crippen molar-refractivity contribution < 1.29 is 0 Å². The second-order valence-electron chi connectivity index (χ2n) is 5.06. The first kappa shape index (κ1) is 13.5. The maximum atomic E-state index is 9.10. The van der Waals surface area contributed by atoms with Gasteiger partial charge in [-0.3, -0.25) is 4.98 Å². The quantitative estimate of drug-likeness (QED) is 0.929. The number of nitriles is 1. The molecule has 0 aliphatic heterocycles. The summed E-state index contributed by atoms with van der Waals surface area (Å²) in [5.74, 6) is 0. The summed E-state index contributed by atoms with van der Waals surface area (Å²) in [5, 5.41) is 13.3. The SMILES string of the molecule is Cc1nsc(NCC(C)(C)c2ccncc2)c1C#N. The molecule has 0 spiro atoms. The Labute approximate surface area is 117 Å². The van der Waals surface area contributed by atoms with Gasteiger partial charge in [0.1, 0.15) is 16.6 Å². The molecule has 98 valence electrons. The lowest BCUT2D eigenvalue weighted by Gasteiger charge is -2.25. The topological polar surface area (TPSA) is 61.6 Å².